The molecule has 4 heterocycles. The summed E-state index contributed by atoms with van der Waals surface area (Å²) in [5.74, 6) is 0. The molecule has 0 amide bonds. The van der Waals surface area contributed by atoms with Crippen LogP contribution in [0.1, 0.15) is 30.7 Å². The summed E-state index contributed by atoms with van der Waals surface area (Å²) in [6.07, 6.45) is 7.04. The highest BCUT2D eigenvalue weighted by Gasteiger charge is 2.35. The van der Waals surface area contributed by atoms with Gasteiger partial charge in [-0.2, -0.15) is 0 Å². The fourth-order valence-electron chi connectivity index (χ4n) is 4.22. The number of aromatic nitrogens is 2. The summed E-state index contributed by atoms with van der Waals surface area (Å²) < 4.78 is 0. The maximum Gasteiger partial charge on any atom is 0.0925 e. The zero-order valence-electron chi connectivity index (χ0n) is 12.3. The molecule has 2 saturated heterocycles. The average Bonchev–Trinajstić information content (AvgIpc) is 2.98. The van der Waals surface area contributed by atoms with E-state index in [4.69, 9.17) is 0 Å². The standard InChI is InChI=1S/C15H25N5/c1-19-12-2-3-13(19)9-20(5-4-12)8-11-6-14-15(7-16-11)18-10-17-14/h10-13,16H,2-9H2,1H3,(H,17,18). The SMILES string of the molecule is CN1C2CCC1CN(CC1Cc3nc[nH]c3CN1)CC2. The van der Waals surface area contributed by atoms with Crippen molar-refractivity contribution >= 4 is 0 Å². The number of nitrogens with one attached hydrogen (secondary N) is 2. The highest BCUT2D eigenvalue weighted by atomic mass is 15.3. The van der Waals surface area contributed by atoms with Crippen LogP contribution in [0.4, 0.5) is 0 Å². The number of fused-ring (bicyclic) bond motifs is 3. The number of likely N-dealkylation sites (N-methyl/N-ethyl adjacent to an activating group) is 1. The lowest BCUT2D eigenvalue weighted by Gasteiger charge is -2.31. The molecule has 4 rings (SSSR count). The van der Waals surface area contributed by atoms with Crippen LogP contribution in [0.15, 0.2) is 6.33 Å². The second-order valence-corrected chi connectivity index (χ2v) is 6.71. The number of likely N-dealkylation sites (tertiary alicyclic amines) is 1. The lowest BCUT2D eigenvalue weighted by atomic mass is 10.0. The highest BCUT2D eigenvalue weighted by molar-refractivity contribution is 5.16. The zero-order valence-corrected chi connectivity index (χ0v) is 12.3. The minimum absolute atomic E-state index is 0.563. The van der Waals surface area contributed by atoms with Crippen molar-refractivity contribution in [1.82, 2.24) is 25.1 Å². The molecule has 110 valence electrons. The summed E-state index contributed by atoms with van der Waals surface area (Å²) in [6.45, 7) is 4.62. The van der Waals surface area contributed by atoms with E-state index < -0.39 is 0 Å². The van der Waals surface area contributed by atoms with E-state index in [1.807, 2.05) is 6.33 Å². The van der Waals surface area contributed by atoms with Gasteiger partial charge in [-0.25, -0.2) is 4.98 Å². The Labute approximate surface area is 120 Å². The number of rotatable bonds is 2. The molecular weight excluding hydrogens is 250 g/mol. The van der Waals surface area contributed by atoms with Crippen molar-refractivity contribution in [3.05, 3.63) is 17.7 Å². The first kappa shape index (κ1) is 12.8. The van der Waals surface area contributed by atoms with E-state index in [9.17, 15) is 0 Å². The summed E-state index contributed by atoms with van der Waals surface area (Å²) in [5, 5.41) is 3.66. The maximum absolute atomic E-state index is 4.45. The molecule has 5 heteroatoms. The van der Waals surface area contributed by atoms with Gasteiger partial charge in [-0.05, 0) is 32.9 Å². The molecule has 2 N–H and O–H groups in total. The Balaban J connectivity index is 1.38. The van der Waals surface area contributed by atoms with Crippen molar-refractivity contribution in [3.8, 4) is 0 Å². The second-order valence-electron chi connectivity index (χ2n) is 6.71. The summed E-state index contributed by atoms with van der Waals surface area (Å²) in [6, 6.07) is 2.18. The predicted octanol–water partition coefficient (Wildman–Crippen LogP) is 0.592. The van der Waals surface area contributed by atoms with Crippen molar-refractivity contribution in [2.75, 3.05) is 26.7 Å². The van der Waals surface area contributed by atoms with Crippen LogP contribution in [0.5, 0.6) is 0 Å². The van der Waals surface area contributed by atoms with Crippen molar-refractivity contribution in [2.45, 2.75) is 50.4 Å². The normalized spacial score (nSPS) is 35.0. The fourth-order valence-corrected chi connectivity index (χ4v) is 4.22. The van der Waals surface area contributed by atoms with Crippen molar-refractivity contribution < 1.29 is 0 Å². The van der Waals surface area contributed by atoms with Gasteiger partial charge in [0.25, 0.3) is 0 Å². The third-order valence-corrected chi connectivity index (χ3v) is 5.53. The molecule has 0 saturated carbocycles. The smallest absolute Gasteiger partial charge is 0.0925 e. The third-order valence-electron chi connectivity index (χ3n) is 5.53. The number of aromatic amines is 1. The van der Waals surface area contributed by atoms with Crippen molar-refractivity contribution in [3.63, 3.8) is 0 Å². The monoisotopic (exact) mass is 275 g/mol. The lowest BCUT2D eigenvalue weighted by molar-refractivity contribution is 0.201. The van der Waals surface area contributed by atoms with E-state index in [-0.39, 0.29) is 0 Å². The molecule has 5 nitrogen and oxygen atoms in total. The van der Waals surface area contributed by atoms with Gasteiger partial charge in [0, 0.05) is 44.2 Å². The second kappa shape index (κ2) is 5.13. The number of imidazole rings is 1. The van der Waals surface area contributed by atoms with Gasteiger partial charge in [0.15, 0.2) is 0 Å². The van der Waals surface area contributed by atoms with Crippen LogP contribution in [-0.4, -0.2) is 64.6 Å². The molecule has 0 radical (unpaired) electrons. The van der Waals surface area contributed by atoms with E-state index in [2.05, 4.69) is 32.1 Å². The van der Waals surface area contributed by atoms with Gasteiger partial charge >= 0.3 is 0 Å². The van der Waals surface area contributed by atoms with Gasteiger partial charge in [0.2, 0.25) is 0 Å². The first-order valence-electron chi connectivity index (χ1n) is 7.98. The minimum atomic E-state index is 0.563. The van der Waals surface area contributed by atoms with Crippen LogP contribution in [0.2, 0.25) is 0 Å². The molecule has 3 aliphatic heterocycles. The highest BCUT2D eigenvalue weighted by Crippen LogP contribution is 2.28. The van der Waals surface area contributed by atoms with E-state index in [0.29, 0.717) is 6.04 Å². The fraction of sp³-hybridized carbons (Fsp3) is 0.800. The number of nitrogens with zero attached hydrogens (tertiary/aromatic N) is 3. The molecule has 0 aliphatic carbocycles. The molecule has 0 aromatic carbocycles. The van der Waals surface area contributed by atoms with Gasteiger partial charge < -0.3 is 15.2 Å². The first-order chi connectivity index (χ1) is 9.79. The number of H-pyrrole nitrogens is 1. The summed E-state index contributed by atoms with van der Waals surface area (Å²) in [7, 11) is 2.32. The van der Waals surface area contributed by atoms with Gasteiger partial charge in [0.1, 0.15) is 0 Å². The van der Waals surface area contributed by atoms with Crippen LogP contribution in [-0.2, 0) is 13.0 Å². The molecule has 20 heavy (non-hydrogen) atoms. The van der Waals surface area contributed by atoms with E-state index >= 15 is 0 Å². The summed E-state index contributed by atoms with van der Waals surface area (Å²) in [5.41, 5.74) is 2.54. The number of hydrogen-bond donors (Lipinski definition) is 2. The molecule has 3 unspecified atom stereocenters. The molecular formula is C15H25N5. The molecule has 2 fully saturated rings. The van der Waals surface area contributed by atoms with E-state index in [1.165, 1.54) is 50.3 Å². The van der Waals surface area contributed by atoms with Crippen LogP contribution >= 0.6 is 0 Å². The molecule has 0 spiro atoms. The zero-order chi connectivity index (χ0) is 13.5. The van der Waals surface area contributed by atoms with Crippen LogP contribution in [0.3, 0.4) is 0 Å². The van der Waals surface area contributed by atoms with Gasteiger partial charge in [-0.1, -0.05) is 0 Å². The van der Waals surface area contributed by atoms with Crippen molar-refractivity contribution in [1.29, 1.82) is 0 Å². The molecule has 2 bridgehead atoms. The van der Waals surface area contributed by atoms with Crippen molar-refractivity contribution in [2.24, 2.45) is 0 Å². The minimum Gasteiger partial charge on any atom is -0.347 e. The Morgan fingerprint density at radius 3 is 3.15 bits per heavy atom. The topological polar surface area (TPSA) is 47.2 Å². The third kappa shape index (κ3) is 2.28. The Morgan fingerprint density at radius 1 is 1.30 bits per heavy atom. The summed E-state index contributed by atoms with van der Waals surface area (Å²) >= 11 is 0. The Hall–Kier alpha value is -0.910. The Bertz CT molecular complexity index is 471. The molecule has 3 atom stereocenters. The first-order valence-corrected chi connectivity index (χ1v) is 7.98. The van der Waals surface area contributed by atoms with Crippen LogP contribution in [0, 0.1) is 0 Å². The van der Waals surface area contributed by atoms with Gasteiger partial charge in [-0.15, -0.1) is 0 Å². The summed E-state index contributed by atoms with van der Waals surface area (Å²) in [4.78, 5) is 13.0. The molecule has 3 aliphatic rings. The molecule has 1 aromatic heterocycles. The maximum atomic E-state index is 4.45. The number of hydrogen-bond acceptors (Lipinski definition) is 4. The Morgan fingerprint density at radius 2 is 2.20 bits per heavy atom. The lowest BCUT2D eigenvalue weighted by Crippen LogP contribution is -2.47. The van der Waals surface area contributed by atoms with E-state index in [0.717, 1.165) is 25.0 Å². The Kier molecular flexibility index (Phi) is 3.28. The quantitative estimate of drug-likeness (QED) is 0.829. The van der Waals surface area contributed by atoms with Gasteiger partial charge in [0.05, 0.1) is 17.7 Å². The van der Waals surface area contributed by atoms with E-state index in [1.54, 1.807) is 0 Å². The van der Waals surface area contributed by atoms with Gasteiger partial charge in [-0.3, -0.25) is 4.90 Å². The predicted molar refractivity (Wildman–Crippen MR) is 78.5 cm³/mol. The van der Waals surface area contributed by atoms with Crippen LogP contribution in [0.25, 0.3) is 0 Å². The average molecular weight is 275 g/mol. The molecule has 1 aromatic rings. The largest absolute Gasteiger partial charge is 0.347 e. The van der Waals surface area contributed by atoms with Crippen LogP contribution < -0.4 is 5.32 Å².